The number of thioether (sulfide) groups is 1. The number of ether oxygens (including phenoxy) is 1. The molecule has 29 heavy (non-hydrogen) atoms. The van der Waals surface area contributed by atoms with Crippen molar-refractivity contribution in [1.29, 1.82) is 0 Å². The van der Waals surface area contributed by atoms with Gasteiger partial charge in [0.05, 0.1) is 23.0 Å². The van der Waals surface area contributed by atoms with Crippen LogP contribution >= 0.6 is 34.6 Å². The van der Waals surface area contributed by atoms with Gasteiger partial charge in [-0.2, -0.15) is 0 Å². The van der Waals surface area contributed by atoms with E-state index in [4.69, 9.17) is 4.74 Å². The molecule has 154 valence electrons. The Bertz CT molecular complexity index is 1120. The maximum absolute atomic E-state index is 12.5. The molecule has 0 spiro atoms. The van der Waals surface area contributed by atoms with Crippen molar-refractivity contribution in [2.24, 2.45) is 0 Å². The molecule has 0 bridgehead atoms. The highest BCUT2D eigenvalue weighted by Gasteiger charge is 2.22. The normalized spacial score (nSPS) is 12.1. The molecule has 1 amide bonds. The molecule has 0 aromatic carbocycles. The van der Waals surface area contributed by atoms with Crippen molar-refractivity contribution in [3.05, 3.63) is 32.3 Å². The molecule has 0 radical (unpaired) electrons. The zero-order valence-corrected chi connectivity index (χ0v) is 18.6. The number of fused-ring (bicyclic) bond motifs is 1. The first-order valence-electron chi connectivity index (χ1n) is 8.72. The number of carbonyl (C=O) groups excluding carboxylic acids is 2. The van der Waals surface area contributed by atoms with E-state index in [9.17, 15) is 14.4 Å². The van der Waals surface area contributed by atoms with Crippen molar-refractivity contribution >= 4 is 61.7 Å². The minimum Gasteiger partial charge on any atom is -0.461 e. The topological polar surface area (TPSA) is 127 Å². The Morgan fingerprint density at radius 2 is 2.10 bits per heavy atom. The number of rotatable bonds is 7. The number of nitrogens with zero attached hydrogens (tertiary/aromatic N) is 3. The third-order valence-electron chi connectivity index (χ3n) is 4.12. The minimum atomic E-state index is -0.631. The van der Waals surface area contributed by atoms with Crippen molar-refractivity contribution in [3.8, 4) is 0 Å². The van der Waals surface area contributed by atoms with Gasteiger partial charge in [0.1, 0.15) is 10.7 Å². The molecule has 2 N–H and O–H groups in total. The summed E-state index contributed by atoms with van der Waals surface area (Å²) in [7, 11) is 0. The fraction of sp³-hybridized carbons (Fsp3) is 0.412. The minimum absolute atomic E-state index is 0.0118. The Labute approximate surface area is 178 Å². The number of hydrogen-bond donors (Lipinski definition) is 2. The third-order valence-corrected chi connectivity index (χ3v) is 7.02. The lowest BCUT2D eigenvalue weighted by Crippen LogP contribution is -2.23. The first-order valence-corrected chi connectivity index (χ1v) is 11.4. The Balaban J connectivity index is 1.65. The van der Waals surface area contributed by atoms with Crippen LogP contribution in [0.1, 0.15) is 40.6 Å². The van der Waals surface area contributed by atoms with Crippen LogP contribution < -0.4 is 10.9 Å². The molecule has 12 heteroatoms. The molecule has 3 aromatic heterocycles. The van der Waals surface area contributed by atoms with Gasteiger partial charge >= 0.3 is 5.97 Å². The summed E-state index contributed by atoms with van der Waals surface area (Å²) in [5.74, 6) is -0.0621. The van der Waals surface area contributed by atoms with Crippen LogP contribution in [0.15, 0.2) is 4.79 Å². The van der Waals surface area contributed by atoms with Crippen LogP contribution in [0, 0.1) is 13.8 Å². The van der Waals surface area contributed by atoms with Crippen LogP contribution in [-0.2, 0) is 15.3 Å². The highest BCUT2D eigenvalue weighted by molar-refractivity contribution is 7.99. The van der Waals surface area contributed by atoms with Crippen molar-refractivity contribution < 1.29 is 14.3 Å². The first-order chi connectivity index (χ1) is 13.8. The summed E-state index contributed by atoms with van der Waals surface area (Å²) in [6.07, 6.45) is 0. The number of anilines is 1. The molecule has 0 saturated heterocycles. The smallest absolute Gasteiger partial charge is 0.362 e. The summed E-state index contributed by atoms with van der Waals surface area (Å²) in [5.41, 5.74) is 0.767. The number of H-pyrrole nitrogens is 1. The molecule has 0 fully saturated rings. The maximum Gasteiger partial charge on any atom is 0.362 e. The Hall–Kier alpha value is -2.31. The Morgan fingerprint density at radius 1 is 1.34 bits per heavy atom. The van der Waals surface area contributed by atoms with Gasteiger partial charge in [-0.05, 0) is 33.3 Å². The molecule has 1 atom stereocenters. The standard InChI is InChI=1S/C17H19N5O4S3/c1-5-26-17(25)12-16(29-22-21-12)20-13(23)9(4)27-6-10-18-14(24)11-7(2)8(3)28-15(11)19-10/h9H,5-6H2,1-4H3,(H,20,23)(H,18,19,24). The Morgan fingerprint density at radius 3 is 2.83 bits per heavy atom. The van der Waals surface area contributed by atoms with Crippen LogP contribution in [0.5, 0.6) is 0 Å². The number of esters is 1. The lowest BCUT2D eigenvalue weighted by Gasteiger charge is -2.11. The molecule has 3 aromatic rings. The van der Waals surface area contributed by atoms with E-state index in [1.807, 2.05) is 13.8 Å². The van der Waals surface area contributed by atoms with Gasteiger partial charge in [0, 0.05) is 16.4 Å². The van der Waals surface area contributed by atoms with Crippen LogP contribution in [0.2, 0.25) is 0 Å². The second-order valence-corrected chi connectivity index (χ2v) is 9.38. The maximum atomic E-state index is 12.5. The number of amides is 1. The van der Waals surface area contributed by atoms with E-state index in [2.05, 4.69) is 24.9 Å². The molecule has 9 nitrogen and oxygen atoms in total. The first kappa shape index (κ1) is 21.4. The van der Waals surface area contributed by atoms with E-state index in [-0.39, 0.29) is 28.8 Å². The van der Waals surface area contributed by atoms with E-state index in [1.165, 1.54) is 23.1 Å². The lowest BCUT2D eigenvalue weighted by atomic mass is 10.2. The average Bonchev–Trinajstić information content (AvgIpc) is 3.24. The van der Waals surface area contributed by atoms with Gasteiger partial charge in [0.2, 0.25) is 11.6 Å². The van der Waals surface area contributed by atoms with Crippen molar-refractivity contribution in [2.75, 3.05) is 11.9 Å². The van der Waals surface area contributed by atoms with Crippen molar-refractivity contribution in [2.45, 2.75) is 38.7 Å². The molecule has 1 unspecified atom stereocenters. The predicted molar refractivity (Wildman–Crippen MR) is 115 cm³/mol. The van der Waals surface area contributed by atoms with Gasteiger partial charge in [-0.25, -0.2) is 9.78 Å². The van der Waals surface area contributed by atoms with Gasteiger partial charge in [0.15, 0.2) is 5.00 Å². The number of aromatic nitrogens is 4. The monoisotopic (exact) mass is 453 g/mol. The number of aromatic amines is 1. The van der Waals surface area contributed by atoms with Gasteiger partial charge in [-0.3, -0.25) is 9.59 Å². The van der Waals surface area contributed by atoms with Crippen LogP contribution in [0.4, 0.5) is 5.00 Å². The van der Waals surface area contributed by atoms with E-state index >= 15 is 0 Å². The molecular formula is C17H19N5O4S3. The Kier molecular flexibility index (Phi) is 6.65. The van der Waals surface area contributed by atoms with Crippen LogP contribution in [0.25, 0.3) is 10.2 Å². The van der Waals surface area contributed by atoms with E-state index in [0.717, 1.165) is 22.0 Å². The highest BCUT2D eigenvalue weighted by Crippen LogP contribution is 2.27. The highest BCUT2D eigenvalue weighted by atomic mass is 32.2. The number of thiophene rings is 1. The van der Waals surface area contributed by atoms with Crippen LogP contribution in [0.3, 0.4) is 0 Å². The molecule has 0 aliphatic heterocycles. The summed E-state index contributed by atoms with van der Waals surface area (Å²) >= 11 is 3.71. The predicted octanol–water partition coefficient (Wildman–Crippen LogP) is 2.89. The molecular weight excluding hydrogens is 434 g/mol. The van der Waals surface area contributed by atoms with Crippen molar-refractivity contribution in [3.63, 3.8) is 0 Å². The fourth-order valence-electron chi connectivity index (χ4n) is 2.47. The largest absolute Gasteiger partial charge is 0.461 e. The molecule has 0 aliphatic carbocycles. The summed E-state index contributed by atoms with van der Waals surface area (Å²) in [5, 5.41) is 6.78. The SMILES string of the molecule is CCOC(=O)c1nnsc1NC(=O)C(C)SCc1nc2sc(C)c(C)c2c(=O)[nH]1. The number of aryl methyl sites for hydroxylation is 2. The zero-order chi connectivity index (χ0) is 21.1. The molecule has 3 rings (SSSR count). The lowest BCUT2D eigenvalue weighted by molar-refractivity contribution is -0.115. The third kappa shape index (κ3) is 4.65. The quantitative estimate of drug-likeness (QED) is 0.523. The van der Waals surface area contributed by atoms with Crippen molar-refractivity contribution in [1.82, 2.24) is 19.6 Å². The van der Waals surface area contributed by atoms with E-state index in [1.54, 1.807) is 13.8 Å². The summed E-state index contributed by atoms with van der Waals surface area (Å²) < 4.78 is 8.60. The van der Waals surface area contributed by atoms with Gasteiger partial charge in [0.25, 0.3) is 5.56 Å². The molecule has 0 saturated carbocycles. The van der Waals surface area contributed by atoms with Crippen LogP contribution in [-0.4, -0.2) is 43.3 Å². The number of hydrogen-bond acceptors (Lipinski definition) is 10. The molecule has 3 heterocycles. The zero-order valence-electron chi connectivity index (χ0n) is 16.2. The number of carbonyl (C=O) groups is 2. The summed E-state index contributed by atoms with van der Waals surface area (Å²) in [6, 6.07) is 0. The molecule has 0 aliphatic rings. The van der Waals surface area contributed by atoms with E-state index in [0.29, 0.717) is 21.8 Å². The average molecular weight is 454 g/mol. The van der Waals surface area contributed by atoms with E-state index < -0.39 is 11.2 Å². The second kappa shape index (κ2) is 9.01. The summed E-state index contributed by atoms with van der Waals surface area (Å²) in [6.45, 7) is 7.48. The van der Waals surface area contributed by atoms with Gasteiger partial charge in [-0.1, -0.05) is 4.49 Å². The van der Waals surface area contributed by atoms with Gasteiger partial charge < -0.3 is 15.0 Å². The second-order valence-electron chi connectivity index (χ2n) is 6.09. The van der Waals surface area contributed by atoms with Gasteiger partial charge in [-0.15, -0.1) is 28.2 Å². The summed E-state index contributed by atoms with van der Waals surface area (Å²) in [4.78, 5) is 45.7. The fourth-order valence-corrected chi connectivity index (χ4v) is 4.83. The number of nitrogens with one attached hydrogen (secondary N) is 2.